The Balaban J connectivity index is 1.81. The van der Waals surface area contributed by atoms with Gasteiger partial charge < -0.3 is 19.0 Å². The fraction of sp³-hybridized carbons (Fsp3) is 0.294. The van der Waals surface area contributed by atoms with Crippen molar-refractivity contribution in [2.75, 3.05) is 6.61 Å². The second kappa shape index (κ2) is 9.74. The van der Waals surface area contributed by atoms with Gasteiger partial charge in [-0.3, -0.25) is 14.9 Å². The molecule has 9 nitrogen and oxygen atoms in total. The van der Waals surface area contributed by atoms with Crippen molar-refractivity contribution in [3.63, 3.8) is 0 Å². The molecule has 0 bridgehead atoms. The smallest absolute Gasteiger partial charge is 0.326 e. The van der Waals surface area contributed by atoms with E-state index in [-0.39, 0.29) is 24.5 Å². The number of rotatable bonds is 10. The highest BCUT2D eigenvalue weighted by atomic mass is 32.2. The Kier molecular flexibility index (Phi) is 7.38. The summed E-state index contributed by atoms with van der Waals surface area (Å²) in [6.45, 7) is 1.98. The molecule has 0 saturated carbocycles. The summed E-state index contributed by atoms with van der Waals surface area (Å²) in [4.78, 5) is 34.0. The van der Waals surface area contributed by atoms with Crippen LogP contribution in [0, 0.1) is 17.0 Å². The lowest BCUT2D eigenvalue weighted by Gasteiger charge is -2.13. The van der Waals surface area contributed by atoms with Crippen LogP contribution in [0.5, 0.6) is 0 Å². The number of amides is 1. The molecule has 0 aliphatic rings. The number of carboxylic acids is 1. The van der Waals surface area contributed by atoms with Crippen molar-refractivity contribution in [2.45, 2.75) is 30.7 Å². The van der Waals surface area contributed by atoms with E-state index in [2.05, 4.69) is 5.32 Å². The summed E-state index contributed by atoms with van der Waals surface area (Å²) < 4.78 is 10.3. The number of aryl methyl sites for hydroxylation is 1. The topological polar surface area (TPSA) is 132 Å². The first kappa shape index (κ1) is 20.5. The Hall–Kier alpha value is -2.85. The van der Waals surface area contributed by atoms with Gasteiger partial charge in [-0.25, -0.2) is 4.79 Å². The van der Waals surface area contributed by atoms with E-state index in [9.17, 15) is 24.8 Å². The minimum atomic E-state index is -1.17. The molecule has 1 amide bonds. The molecule has 2 aromatic rings. The normalized spacial score (nSPS) is 11.7. The second-order valence-corrected chi connectivity index (χ2v) is 6.46. The maximum absolute atomic E-state index is 11.9. The minimum Gasteiger partial charge on any atom is -0.480 e. The number of nitrogens with zero attached hydrogens (tertiary/aromatic N) is 1. The Labute approximate surface area is 159 Å². The fourth-order valence-electron chi connectivity index (χ4n) is 2.18. The van der Waals surface area contributed by atoms with Gasteiger partial charge in [-0.15, -0.1) is 0 Å². The first-order chi connectivity index (χ1) is 12.9. The number of hydrogen-bond donors (Lipinski definition) is 2. The standard InChI is InChI=1S/C17H18N2O7S/c1-11-6-7-13(19(23)24)15(10-11)27-26-9-2-4-12(17(21)22)18-16(20)14-5-3-8-25-14/h3,5-8,10,12H,2,4,9H2,1H3,(H,18,20)(H,21,22)/t12-/m0/s1. The van der Waals surface area contributed by atoms with Gasteiger partial charge in [0.05, 0.1) is 17.8 Å². The first-order valence-corrected chi connectivity index (χ1v) is 8.74. The number of nitro groups is 1. The van der Waals surface area contributed by atoms with Gasteiger partial charge in [0.1, 0.15) is 10.9 Å². The van der Waals surface area contributed by atoms with Crippen molar-refractivity contribution in [1.82, 2.24) is 5.32 Å². The maximum Gasteiger partial charge on any atom is 0.326 e. The maximum atomic E-state index is 11.9. The van der Waals surface area contributed by atoms with Gasteiger partial charge in [0.25, 0.3) is 11.6 Å². The number of carbonyl (C=O) groups is 2. The van der Waals surface area contributed by atoms with E-state index in [0.29, 0.717) is 11.3 Å². The lowest BCUT2D eigenvalue weighted by Crippen LogP contribution is -2.40. The molecule has 0 fully saturated rings. The SMILES string of the molecule is Cc1ccc([N+](=O)[O-])c(SOCCC[C@H](NC(=O)c2ccco2)C(=O)O)c1. The molecule has 0 saturated heterocycles. The van der Waals surface area contributed by atoms with E-state index in [1.165, 1.54) is 24.5 Å². The molecule has 0 unspecified atom stereocenters. The van der Waals surface area contributed by atoms with Crippen LogP contribution in [-0.2, 0) is 8.98 Å². The number of carbonyl (C=O) groups excluding carboxylic acids is 1. The van der Waals surface area contributed by atoms with Crippen molar-refractivity contribution >= 4 is 29.6 Å². The number of nitro benzene ring substituents is 1. The Morgan fingerprint density at radius 2 is 2.19 bits per heavy atom. The van der Waals surface area contributed by atoms with Gasteiger partial charge >= 0.3 is 5.97 Å². The Morgan fingerprint density at radius 3 is 2.81 bits per heavy atom. The number of aliphatic carboxylic acids is 1. The van der Waals surface area contributed by atoms with Crippen molar-refractivity contribution in [2.24, 2.45) is 0 Å². The molecule has 1 heterocycles. The summed E-state index contributed by atoms with van der Waals surface area (Å²) in [7, 11) is 0. The van der Waals surface area contributed by atoms with Crippen molar-refractivity contribution in [3.8, 4) is 0 Å². The average Bonchev–Trinajstić information content (AvgIpc) is 3.14. The van der Waals surface area contributed by atoms with Gasteiger partial charge in [0, 0.05) is 18.1 Å². The van der Waals surface area contributed by atoms with E-state index < -0.39 is 22.8 Å². The molecule has 0 radical (unpaired) electrons. The van der Waals surface area contributed by atoms with Crippen LogP contribution in [0.4, 0.5) is 5.69 Å². The predicted octanol–water partition coefficient (Wildman–Crippen LogP) is 3.18. The highest BCUT2D eigenvalue weighted by Gasteiger charge is 2.21. The molecule has 144 valence electrons. The van der Waals surface area contributed by atoms with Crippen LogP contribution in [0.2, 0.25) is 0 Å². The molecule has 0 spiro atoms. The number of furan rings is 1. The fourth-order valence-corrected chi connectivity index (χ4v) is 2.98. The summed E-state index contributed by atoms with van der Waals surface area (Å²) in [6.07, 6.45) is 1.79. The Bertz CT molecular complexity index is 808. The van der Waals surface area contributed by atoms with E-state index in [4.69, 9.17) is 8.60 Å². The monoisotopic (exact) mass is 394 g/mol. The quantitative estimate of drug-likeness (QED) is 0.272. The Morgan fingerprint density at radius 1 is 1.41 bits per heavy atom. The molecule has 27 heavy (non-hydrogen) atoms. The summed E-state index contributed by atoms with van der Waals surface area (Å²) in [5, 5.41) is 22.6. The molecule has 0 aliphatic carbocycles. The zero-order valence-electron chi connectivity index (χ0n) is 14.4. The predicted molar refractivity (Wildman–Crippen MR) is 96.5 cm³/mol. The van der Waals surface area contributed by atoms with Gasteiger partial charge in [-0.05, 0) is 43.5 Å². The molecular weight excluding hydrogens is 376 g/mol. The van der Waals surface area contributed by atoms with Crippen LogP contribution in [0.3, 0.4) is 0 Å². The zero-order chi connectivity index (χ0) is 19.8. The summed E-state index contributed by atoms with van der Waals surface area (Å²) in [6, 6.07) is 6.56. The highest BCUT2D eigenvalue weighted by Crippen LogP contribution is 2.30. The van der Waals surface area contributed by atoms with Gasteiger partial charge in [0.2, 0.25) is 0 Å². The van der Waals surface area contributed by atoms with Crippen LogP contribution in [0.15, 0.2) is 45.9 Å². The molecule has 1 aromatic heterocycles. The van der Waals surface area contributed by atoms with Crippen LogP contribution in [0.25, 0.3) is 0 Å². The van der Waals surface area contributed by atoms with Crippen LogP contribution in [-0.4, -0.2) is 34.6 Å². The van der Waals surface area contributed by atoms with Gasteiger partial charge in [-0.2, -0.15) is 0 Å². The van der Waals surface area contributed by atoms with E-state index >= 15 is 0 Å². The van der Waals surface area contributed by atoms with E-state index in [1.54, 1.807) is 12.1 Å². The van der Waals surface area contributed by atoms with Crippen molar-refractivity contribution in [3.05, 3.63) is 58.0 Å². The van der Waals surface area contributed by atoms with E-state index in [0.717, 1.165) is 17.6 Å². The molecular formula is C17H18N2O7S. The molecule has 10 heteroatoms. The number of carboxylic acid groups (broad SMARTS) is 1. The highest BCUT2D eigenvalue weighted by molar-refractivity contribution is 7.94. The third kappa shape index (κ3) is 6.12. The van der Waals surface area contributed by atoms with Crippen LogP contribution >= 0.6 is 12.0 Å². The molecule has 1 aromatic carbocycles. The molecule has 2 N–H and O–H groups in total. The second-order valence-electron chi connectivity index (χ2n) is 5.62. The molecule has 1 atom stereocenters. The number of hydrogen-bond acceptors (Lipinski definition) is 7. The average molecular weight is 394 g/mol. The number of nitrogens with one attached hydrogen (secondary N) is 1. The first-order valence-electron chi connectivity index (χ1n) is 8.00. The van der Waals surface area contributed by atoms with Crippen LogP contribution < -0.4 is 5.32 Å². The van der Waals surface area contributed by atoms with Crippen molar-refractivity contribution in [1.29, 1.82) is 0 Å². The summed E-state index contributed by atoms with van der Waals surface area (Å²) in [5.41, 5.74) is 0.804. The summed E-state index contributed by atoms with van der Waals surface area (Å²) in [5.74, 6) is -1.75. The largest absolute Gasteiger partial charge is 0.480 e. The zero-order valence-corrected chi connectivity index (χ0v) is 15.2. The lowest BCUT2D eigenvalue weighted by atomic mass is 10.1. The lowest BCUT2D eigenvalue weighted by molar-refractivity contribution is -0.387. The third-order valence-corrected chi connectivity index (χ3v) is 4.32. The van der Waals surface area contributed by atoms with Gasteiger partial charge in [-0.1, -0.05) is 6.07 Å². The van der Waals surface area contributed by atoms with Gasteiger partial charge in [0.15, 0.2) is 5.76 Å². The van der Waals surface area contributed by atoms with Crippen molar-refractivity contribution < 1.29 is 28.2 Å². The molecule has 2 rings (SSSR count). The number of benzene rings is 1. The molecule has 0 aliphatic heterocycles. The third-order valence-electron chi connectivity index (χ3n) is 3.53. The minimum absolute atomic E-state index is 0.0276. The van der Waals surface area contributed by atoms with E-state index in [1.807, 2.05) is 6.92 Å². The van der Waals surface area contributed by atoms with Crippen LogP contribution in [0.1, 0.15) is 29.0 Å². The summed E-state index contributed by atoms with van der Waals surface area (Å²) >= 11 is 0.870.